The third-order valence-electron chi connectivity index (χ3n) is 3.62. The van der Waals surface area contributed by atoms with Crippen LogP contribution in [0.1, 0.15) is 18.3 Å². The summed E-state index contributed by atoms with van der Waals surface area (Å²) in [4.78, 5) is 18.2. The maximum absolute atomic E-state index is 13.7. The monoisotopic (exact) mass is 311 g/mol. The fraction of sp³-hybridized carbons (Fsp3) is 0.467. The van der Waals surface area contributed by atoms with Gasteiger partial charge in [-0.15, -0.1) is 11.6 Å². The highest BCUT2D eigenvalue weighted by atomic mass is 35.5. The molecular formula is C15H19ClFN3O. The summed E-state index contributed by atoms with van der Waals surface area (Å²) in [7, 11) is 1.76. The van der Waals surface area contributed by atoms with E-state index in [1.54, 1.807) is 24.9 Å². The molecular weight excluding hydrogens is 293 g/mol. The van der Waals surface area contributed by atoms with Gasteiger partial charge >= 0.3 is 0 Å². The maximum atomic E-state index is 13.7. The van der Waals surface area contributed by atoms with Crippen LogP contribution >= 0.6 is 11.6 Å². The van der Waals surface area contributed by atoms with E-state index in [9.17, 15) is 9.18 Å². The van der Waals surface area contributed by atoms with Gasteiger partial charge in [-0.25, -0.2) is 9.37 Å². The number of alkyl halides is 1. The van der Waals surface area contributed by atoms with Crippen molar-refractivity contribution in [1.82, 2.24) is 14.5 Å². The highest BCUT2D eigenvalue weighted by Gasteiger charge is 2.16. The molecule has 0 radical (unpaired) electrons. The topological polar surface area (TPSA) is 38.1 Å². The molecule has 0 atom stereocenters. The second kappa shape index (κ2) is 6.43. The Morgan fingerprint density at radius 2 is 2.19 bits per heavy atom. The molecule has 6 heteroatoms. The Hall–Kier alpha value is -1.62. The number of rotatable bonds is 5. The molecule has 1 aromatic heterocycles. The first-order chi connectivity index (χ1) is 9.97. The van der Waals surface area contributed by atoms with E-state index in [1.165, 1.54) is 6.07 Å². The van der Waals surface area contributed by atoms with Gasteiger partial charge < -0.3 is 9.47 Å². The Bertz CT molecular complexity index is 668. The van der Waals surface area contributed by atoms with Crippen LogP contribution in [-0.2, 0) is 17.8 Å². The zero-order valence-electron chi connectivity index (χ0n) is 12.5. The van der Waals surface area contributed by atoms with Gasteiger partial charge in [0.25, 0.3) is 0 Å². The zero-order chi connectivity index (χ0) is 15.6. The predicted molar refractivity (Wildman–Crippen MR) is 82.2 cm³/mol. The Balaban J connectivity index is 2.50. The fourth-order valence-corrected chi connectivity index (χ4v) is 2.35. The minimum atomic E-state index is -0.290. The fourth-order valence-electron chi connectivity index (χ4n) is 2.18. The number of likely N-dealkylation sites (N-methyl/N-ethyl adjacent to an activating group) is 1. The molecule has 0 saturated carbocycles. The van der Waals surface area contributed by atoms with E-state index in [2.05, 4.69) is 4.98 Å². The molecule has 0 N–H and O–H groups in total. The average Bonchev–Trinajstić information content (AvgIpc) is 2.76. The number of amides is 1. The summed E-state index contributed by atoms with van der Waals surface area (Å²) in [5, 5.41) is 0. The van der Waals surface area contributed by atoms with Crippen molar-refractivity contribution in [3.8, 4) is 0 Å². The molecule has 1 aromatic carbocycles. The second-order valence-corrected chi connectivity index (χ2v) is 5.43. The minimum Gasteiger partial charge on any atom is -0.344 e. The molecule has 2 rings (SSSR count). The average molecular weight is 312 g/mol. The molecule has 21 heavy (non-hydrogen) atoms. The lowest BCUT2D eigenvalue weighted by atomic mass is 10.2. The molecule has 0 saturated heterocycles. The molecule has 114 valence electrons. The van der Waals surface area contributed by atoms with Gasteiger partial charge in [0.15, 0.2) is 0 Å². The summed E-state index contributed by atoms with van der Waals surface area (Å²) < 4.78 is 15.5. The van der Waals surface area contributed by atoms with E-state index >= 15 is 0 Å². The summed E-state index contributed by atoms with van der Waals surface area (Å²) >= 11 is 5.80. The predicted octanol–water partition coefficient (Wildman–Crippen LogP) is 2.74. The highest BCUT2D eigenvalue weighted by Crippen LogP contribution is 2.21. The normalized spacial score (nSPS) is 11.1. The van der Waals surface area contributed by atoms with Crippen LogP contribution in [0.3, 0.4) is 0 Å². The largest absolute Gasteiger partial charge is 0.344 e. The Morgan fingerprint density at radius 1 is 1.48 bits per heavy atom. The van der Waals surface area contributed by atoms with E-state index in [1.807, 2.05) is 11.5 Å². The Kier molecular flexibility index (Phi) is 4.83. The van der Waals surface area contributed by atoms with E-state index in [4.69, 9.17) is 11.6 Å². The van der Waals surface area contributed by atoms with Crippen molar-refractivity contribution >= 4 is 28.5 Å². The van der Waals surface area contributed by atoms with Crippen LogP contribution in [0.4, 0.5) is 4.39 Å². The minimum absolute atomic E-state index is 0.00500. The van der Waals surface area contributed by atoms with Gasteiger partial charge in [0.1, 0.15) is 18.2 Å². The number of aryl methyl sites for hydroxylation is 2. The van der Waals surface area contributed by atoms with Crippen LogP contribution in [0.25, 0.3) is 11.0 Å². The third-order valence-corrected chi connectivity index (χ3v) is 3.81. The quantitative estimate of drug-likeness (QED) is 0.796. The van der Waals surface area contributed by atoms with Crippen molar-refractivity contribution in [2.45, 2.75) is 26.8 Å². The Morgan fingerprint density at radius 3 is 2.81 bits per heavy atom. The van der Waals surface area contributed by atoms with Gasteiger partial charge in [0.05, 0.1) is 11.0 Å². The molecule has 0 aliphatic rings. The van der Waals surface area contributed by atoms with Crippen LogP contribution in [0, 0.1) is 12.7 Å². The van der Waals surface area contributed by atoms with Crippen molar-refractivity contribution in [2.24, 2.45) is 0 Å². The van der Waals surface area contributed by atoms with E-state index < -0.39 is 0 Å². The van der Waals surface area contributed by atoms with Gasteiger partial charge in [-0.05, 0) is 25.5 Å². The third kappa shape index (κ3) is 3.18. The van der Waals surface area contributed by atoms with Gasteiger partial charge in [0, 0.05) is 32.0 Å². The number of benzene rings is 1. The molecule has 1 amide bonds. The highest BCUT2D eigenvalue weighted by molar-refractivity contribution is 6.17. The van der Waals surface area contributed by atoms with Crippen LogP contribution < -0.4 is 0 Å². The van der Waals surface area contributed by atoms with Crippen molar-refractivity contribution < 1.29 is 9.18 Å². The van der Waals surface area contributed by atoms with Crippen LogP contribution in [0.2, 0.25) is 0 Å². The van der Waals surface area contributed by atoms with Crippen molar-refractivity contribution in [3.05, 3.63) is 29.3 Å². The lowest BCUT2D eigenvalue weighted by Gasteiger charge is -2.16. The standard InChI is InChI=1S/C15H19ClFN3O/c1-4-19(3)15(21)9-20-13-7-10(2)11(17)8-12(13)18-14(20)5-6-16/h7-8H,4-6,9H2,1-3H3. The molecule has 0 bridgehead atoms. The zero-order valence-corrected chi connectivity index (χ0v) is 13.2. The molecule has 0 aliphatic heterocycles. The van der Waals surface area contributed by atoms with E-state index in [0.717, 1.165) is 5.52 Å². The number of imidazole rings is 1. The molecule has 1 heterocycles. The van der Waals surface area contributed by atoms with E-state index in [-0.39, 0.29) is 18.3 Å². The molecule has 4 nitrogen and oxygen atoms in total. The first-order valence-corrected chi connectivity index (χ1v) is 7.46. The van der Waals surface area contributed by atoms with Crippen LogP contribution in [-0.4, -0.2) is 39.8 Å². The summed E-state index contributed by atoms with van der Waals surface area (Å²) in [6, 6.07) is 3.14. The number of carbonyl (C=O) groups is 1. The maximum Gasteiger partial charge on any atom is 0.242 e. The van der Waals surface area contributed by atoms with Crippen LogP contribution in [0.15, 0.2) is 12.1 Å². The van der Waals surface area contributed by atoms with E-state index in [0.29, 0.717) is 35.8 Å². The summed E-state index contributed by atoms with van der Waals surface area (Å²) in [5.41, 5.74) is 1.87. The first kappa shape index (κ1) is 15.8. The number of aromatic nitrogens is 2. The molecule has 0 spiro atoms. The molecule has 0 aliphatic carbocycles. The number of nitrogens with zero attached hydrogens (tertiary/aromatic N) is 3. The van der Waals surface area contributed by atoms with Gasteiger partial charge in [-0.2, -0.15) is 0 Å². The molecule has 0 fully saturated rings. The molecule has 0 unspecified atom stereocenters. The van der Waals surface area contributed by atoms with Crippen LogP contribution in [0.5, 0.6) is 0 Å². The lowest BCUT2D eigenvalue weighted by Crippen LogP contribution is -2.30. The lowest BCUT2D eigenvalue weighted by molar-refractivity contribution is -0.130. The second-order valence-electron chi connectivity index (χ2n) is 5.05. The molecule has 2 aromatic rings. The van der Waals surface area contributed by atoms with Gasteiger partial charge in [0.2, 0.25) is 5.91 Å². The number of hydrogen-bond donors (Lipinski definition) is 0. The summed E-state index contributed by atoms with van der Waals surface area (Å²) in [6.07, 6.45) is 0.542. The SMILES string of the molecule is CCN(C)C(=O)Cn1c(CCCl)nc2cc(F)c(C)cc21. The number of carbonyl (C=O) groups excluding carboxylic acids is 1. The first-order valence-electron chi connectivity index (χ1n) is 6.93. The van der Waals surface area contributed by atoms with Crippen molar-refractivity contribution in [1.29, 1.82) is 0 Å². The number of halogens is 2. The number of fused-ring (bicyclic) bond motifs is 1. The summed E-state index contributed by atoms with van der Waals surface area (Å²) in [5.74, 6) is 0.821. The Labute approximate surface area is 128 Å². The van der Waals surface area contributed by atoms with Gasteiger partial charge in [-0.1, -0.05) is 0 Å². The van der Waals surface area contributed by atoms with Gasteiger partial charge in [-0.3, -0.25) is 4.79 Å². The van der Waals surface area contributed by atoms with Crippen molar-refractivity contribution in [3.63, 3.8) is 0 Å². The van der Waals surface area contributed by atoms with Crippen molar-refractivity contribution in [2.75, 3.05) is 19.5 Å². The summed E-state index contributed by atoms with van der Waals surface area (Å²) in [6.45, 7) is 4.46. The smallest absolute Gasteiger partial charge is 0.242 e. The number of hydrogen-bond acceptors (Lipinski definition) is 2.